The Morgan fingerprint density at radius 1 is 0.482 bits per heavy atom. The number of unbranched alkanes of at least 4 members (excludes halogenated alkanes) is 7. The number of hydrogen-bond acceptors (Lipinski definition) is 8. The Labute approximate surface area is 332 Å². The summed E-state index contributed by atoms with van der Waals surface area (Å²) in [6.07, 6.45) is 13.6. The van der Waals surface area contributed by atoms with E-state index in [1.807, 2.05) is 72.8 Å². The molecule has 0 atom stereocenters. The Bertz CT molecular complexity index is 1800. The van der Waals surface area contributed by atoms with E-state index in [9.17, 15) is 20.1 Å². The van der Waals surface area contributed by atoms with E-state index in [1.54, 1.807) is 36.4 Å². The molecule has 0 fully saturated rings. The zero-order valence-corrected chi connectivity index (χ0v) is 32.6. The fourth-order valence-corrected chi connectivity index (χ4v) is 5.76. The lowest BCUT2D eigenvalue weighted by Crippen LogP contribution is -2.08. The highest BCUT2D eigenvalue weighted by Gasteiger charge is 2.09. The maximum atomic E-state index is 12.4. The van der Waals surface area contributed by atoms with Crippen LogP contribution in [0.3, 0.4) is 0 Å². The van der Waals surface area contributed by atoms with Crippen molar-refractivity contribution in [2.45, 2.75) is 90.9 Å². The summed E-state index contributed by atoms with van der Waals surface area (Å²) < 4.78 is 22.5. The lowest BCUT2D eigenvalue weighted by Gasteiger charge is -2.07. The fourth-order valence-electron chi connectivity index (χ4n) is 5.76. The molecule has 0 radical (unpaired) electrons. The van der Waals surface area contributed by atoms with Gasteiger partial charge in [-0.1, -0.05) is 76.6 Å². The maximum Gasteiger partial charge on any atom is 0.311 e. The average molecular weight is 753 g/mol. The molecule has 290 valence electrons. The number of benzene rings is 4. The van der Waals surface area contributed by atoms with E-state index in [0.29, 0.717) is 48.7 Å². The first kappa shape index (κ1) is 42.6. The second kappa shape index (κ2) is 24.3. The zero-order valence-electron chi connectivity index (χ0n) is 32.6. The number of nitrogens with zero attached hydrogens (tertiary/aromatic N) is 2. The molecule has 0 aliphatic rings. The number of carbonyl (C=O) groups excluding carboxylic acids is 2. The van der Waals surface area contributed by atoms with Crippen molar-refractivity contribution in [3.05, 3.63) is 119 Å². The summed E-state index contributed by atoms with van der Waals surface area (Å²) in [5, 5.41) is 19.5. The molecule has 56 heavy (non-hydrogen) atoms. The van der Waals surface area contributed by atoms with Crippen LogP contribution in [0, 0.1) is 22.7 Å². The molecule has 0 unspecified atom stereocenters. The minimum absolute atomic E-state index is 0.274. The highest BCUT2D eigenvalue weighted by Crippen LogP contribution is 2.24. The molecule has 0 aliphatic heterocycles. The van der Waals surface area contributed by atoms with Crippen LogP contribution in [-0.4, -0.2) is 25.2 Å². The van der Waals surface area contributed by atoms with Crippen LogP contribution in [0.15, 0.2) is 97.1 Å². The molecule has 4 rings (SSSR count). The molecule has 0 spiro atoms. The number of carbonyl (C=O) groups is 2. The fraction of sp³-hybridized carbons (Fsp3) is 0.333. The molecule has 8 nitrogen and oxygen atoms in total. The second-order valence-electron chi connectivity index (χ2n) is 13.5. The number of allylic oxidation sites excluding steroid dienone is 2. The van der Waals surface area contributed by atoms with Crippen LogP contribution in [-0.2, 0) is 9.59 Å². The third kappa shape index (κ3) is 15.3. The van der Waals surface area contributed by atoms with Crippen molar-refractivity contribution in [2.75, 3.05) is 13.2 Å². The second-order valence-corrected chi connectivity index (χ2v) is 13.5. The van der Waals surface area contributed by atoms with Crippen LogP contribution in [0.5, 0.6) is 23.0 Å². The Morgan fingerprint density at radius 2 is 0.839 bits per heavy atom. The smallest absolute Gasteiger partial charge is 0.311 e. The highest BCUT2D eigenvalue weighted by atomic mass is 16.5. The van der Waals surface area contributed by atoms with Crippen molar-refractivity contribution < 1.29 is 28.5 Å². The van der Waals surface area contributed by atoms with Crippen LogP contribution in [0.25, 0.3) is 23.3 Å². The van der Waals surface area contributed by atoms with E-state index < -0.39 is 0 Å². The molecule has 0 N–H and O–H groups in total. The molecule has 0 saturated heterocycles. The van der Waals surface area contributed by atoms with Gasteiger partial charge in [-0.3, -0.25) is 9.59 Å². The minimum atomic E-state index is -0.316. The van der Waals surface area contributed by atoms with E-state index in [-0.39, 0.29) is 24.8 Å². The molecule has 0 aromatic heterocycles. The third-order valence-corrected chi connectivity index (χ3v) is 8.96. The van der Waals surface area contributed by atoms with Gasteiger partial charge in [0.2, 0.25) is 0 Å². The topological polar surface area (TPSA) is 119 Å². The Morgan fingerprint density at radius 3 is 1.18 bits per heavy atom. The summed E-state index contributed by atoms with van der Waals surface area (Å²) in [6.45, 7) is 5.68. The molecule has 0 bridgehead atoms. The molecule has 0 aliphatic carbocycles. The number of hydrogen-bond donors (Lipinski definition) is 0. The van der Waals surface area contributed by atoms with E-state index >= 15 is 0 Å². The van der Waals surface area contributed by atoms with E-state index in [2.05, 4.69) is 26.0 Å². The summed E-state index contributed by atoms with van der Waals surface area (Å²) in [7, 11) is 0. The summed E-state index contributed by atoms with van der Waals surface area (Å²) in [5.41, 5.74) is 4.29. The van der Waals surface area contributed by atoms with Gasteiger partial charge in [-0.25, -0.2) is 0 Å². The minimum Gasteiger partial charge on any atom is -0.494 e. The first-order chi connectivity index (χ1) is 27.4. The first-order valence-electron chi connectivity index (χ1n) is 19.7. The number of ether oxygens (including phenoxy) is 4. The number of esters is 2. The zero-order chi connectivity index (χ0) is 39.8. The number of nitriles is 2. The first-order valence-corrected chi connectivity index (χ1v) is 19.7. The quantitative estimate of drug-likeness (QED) is 0.0241. The number of rotatable bonds is 23. The SMILES string of the molecule is CCCCCOc1ccc(/C(C#N)=C/c2ccc(OC(=O)CCCCCCC(=O)Oc3ccc(/C=C(/C#N)c4ccc(OCCCCC)cc4)cc3)cc2)cc1. The van der Waals surface area contributed by atoms with Crippen LogP contribution in [0.2, 0.25) is 0 Å². The van der Waals surface area contributed by atoms with Crippen LogP contribution in [0.4, 0.5) is 0 Å². The van der Waals surface area contributed by atoms with Crippen molar-refractivity contribution in [3.8, 4) is 35.1 Å². The van der Waals surface area contributed by atoms with Gasteiger partial charge in [-0.05, 0) is 133 Å². The Kier molecular flexibility index (Phi) is 18.5. The van der Waals surface area contributed by atoms with Crippen LogP contribution >= 0.6 is 0 Å². The van der Waals surface area contributed by atoms with Gasteiger partial charge in [0.05, 0.1) is 36.5 Å². The van der Waals surface area contributed by atoms with Gasteiger partial charge in [0.15, 0.2) is 0 Å². The van der Waals surface area contributed by atoms with E-state index in [0.717, 1.165) is 85.1 Å². The van der Waals surface area contributed by atoms with E-state index in [4.69, 9.17) is 18.9 Å². The summed E-state index contributed by atoms with van der Waals surface area (Å²) in [6, 6.07) is 33.7. The normalized spacial score (nSPS) is 11.3. The Hall–Kier alpha value is -6.12. The molecular weight excluding hydrogens is 701 g/mol. The molecule has 8 heteroatoms. The highest BCUT2D eigenvalue weighted by molar-refractivity contribution is 5.90. The van der Waals surface area contributed by atoms with Crippen molar-refractivity contribution in [2.24, 2.45) is 0 Å². The monoisotopic (exact) mass is 752 g/mol. The summed E-state index contributed by atoms with van der Waals surface area (Å²) in [4.78, 5) is 24.8. The molecule has 4 aromatic rings. The standard InChI is InChI=1S/C48H52N2O6/c1-3-5-11-31-53-43-27-19-39(20-28-43)41(35-49)33-37-15-23-45(24-16-37)55-47(51)13-9-7-8-10-14-48(52)56-46-25-17-38(18-26-46)34-42(36-50)40-21-29-44(30-22-40)54-32-12-6-4-2/h15-30,33-34H,3-14,31-32H2,1-2H3/b41-33-,42-34+. The van der Waals surface area contributed by atoms with Gasteiger partial charge < -0.3 is 18.9 Å². The van der Waals surface area contributed by atoms with Gasteiger partial charge in [0, 0.05) is 12.8 Å². The van der Waals surface area contributed by atoms with Crippen LogP contribution in [0.1, 0.15) is 113 Å². The summed E-state index contributed by atoms with van der Waals surface area (Å²) >= 11 is 0. The van der Waals surface area contributed by atoms with Crippen molar-refractivity contribution >= 4 is 35.2 Å². The molecule has 0 saturated carbocycles. The molecule has 4 aromatic carbocycles. The largest absolute Gasteiger partial charge is 0.494 e. The van der Waals surface area contributed by atoms with Gasteiger partial charge in [-0.2, -0.15) is 10.5 Å². The van der Waals surface area contributed by atoms with Gasteiger partial charge in [-0.15, -0.1) is 0 Å². The van der Waals surface area contributed by atoms with Crippen molar-refractivity contribution in [1.29, 1.82) is 10.5 Å². The van der Waals surface area contributed by atoms with Crippen LogP contribution < -0.4 is 18.9 Å². The van der Waals surface area contributed by atoms with E-state index in [1.165, 1.54) is 0 Å². The average Bonchev–Trinajstić information content (AvgIpc) is 3.22. The lowest BCUT2D eigenvalue weighted by molar-refractivity contribution is -0.135. The summed E-state index contributed by atoms with van der Waals surface area (Å²) in [5.74, 6) is 1.83. The molecule has 0 heterocycles. The lowest BCUT2D eigenvalue weighted by atomic mass is 10.0. The van der Waals surface area contributed by atoms with Crippen molar-refractivity contribution in [1.82, 2.24) is 0 Å². The molecular formula is C48H52N2O6. The molecule has 0 amide bonds. The third-order valence-electron chi connectivity index (χ3n) is 8.96. The van der Waals surface area contributed by atoms with Gasteiger partial charge in [0.25, 0.3) is 0 Å². The Balaban J connectivity index is 1.11. The maximum absolute atomic E-state index is 12.4. The predicted molar refractivity (Wildman–Crippen MR) is 222 cm³/mol. The van der Waals surface area contributed by atoms with Gasteiger partial charge >= 0.3 is 11.9 Å². The van der Waals surface area contributed by atoms with Gasteiger partial charge in [0.1, 0.15) is 23.0 Å². The predicted octanol–water partition coefficient (Wildman–Crippen LogP) is 11.8. The van der Waals surface area contributed by atoms with Crippen molar-refractivity contribution in [3.63, 3.8) is 0 Å².